The number of amides is 2. The number of nitrogens with zero attached hydrogens (tertiary/aromatic N) is 3. The number of carbonyl (C=O) groups excluding carboxylic acids is 2. The number of carbonyl (C=O) groups is 2. The Kier molecular flexibility index (Phi) is 4.98. The maximum absolute atomic E-state index is 12.5. The monoisotopic (exact) mass is 396 g/mol. The fraction of sp³-hybridized carbons (Fsp3) is 0.0556. The lowest BCUT2D eigenvalue weighted by atomic mass is 10.1. The van der Waals surface area contributed by atoms with Crippen molar-refractivity contribution in [2.45, 2.75) is 6.54 Å². The Labute approximate surface area is 164 Å². The minimum Gasteiger partial charge on any atom is -0.504 e. The minimum absolute atomic E-state index is 0.0214. The first-order chi connectivity index (χ1) is 13.3. The van der Waals surface area contributed by atoms with Gasteiger partial charge < -0.3 is 10.8 Å². The number of nitriles is 1. The normalized spacial score (nSPS) is 13.3. The van der Waals surface area contributed by atoms with Gasteiger partial charge in [-0.2, -0.15) is 10.4 Å². The molecule has 2 aromatic rings. The number of phenols is 1. The molecule has 1 aliphatic rings. The molecule has 9 nitrogen and oxygen atoms in total. The summed E-state index contributed by atoms with van der Waals surface area (Å²) >= 11 is 6.02. The van der Waals surface area contributed by atoms with E-state index < -0.39 is 17.6 Å². The van der Waals surface area contributed by atoms with Crippen LogP contribution in [0.5, 0.6) is 5.75 Å². The largest absolute Gasteiger partial charge is 0.504 e. The molecule has 0 radical (unpaired) electrons. The third kappa shape index (κ3) is 3.36. The van der Waals surface area contributed by atoms with Gasteiger partial charge in [0.25, 0.3) is 11.8 Å². The maximum Gasteiger partial charge on any atom is 0.261 e. The quantitative estimate of drug-likeness (QED) is 0.199. The van der Waals surface area contributed by atoms with E-state index in [9.17, 15) is 14.7 Å². The molecular formula is C18H13ClN6O3. The van der Waals surface area contributed by atoms with Gasteiger partial charge in [-0.1, -0.05) is 23.7 Å². The van der Waals surface area contributed by atoms with Gasteiger partial charge in [-0.25, -0.2) is 0 Å². The van der Waals surface area contributed by atoms with Gasteiger partial charge in [0.15, 0.2) is 11.6 Å². The molecular weight excluding hydrogens is 384 g/mol. The Balaban J connectivity index is 1.89. The van der Waals surface area contributed by atoms with Crippen LogP contribution >= 0.6 is 11.6 Å². The molecule has 3 rings (SSSR count). The summed E-state index contributed by atoms with van der Waals surface area (Å²) in [5.41, 5.74) is 8.34. The van der Waals surface area contributed by atoms with Crippen LogP contribution in [-0.2, 0) is 6.54 Å². The summed E-state index contributed by atoms with van der Waals surface area (Å²) in [6.07, 6.45) is 0. The van der Waals surface area contributed by atoms with Crippen molar-refractivity contribution in [3.8, 4) is 11.8 Å². The van der Waals surface area contributed by atoms with Crippen LogP contribution in [-0.4, -0.2) is 33.4 Å². The smallest absolute Gasteiger partial charge is 0.261 e. The molecule has 0 spiro atoms. The predicted octanol–water partition coefficient (Wildman–Crippen LogP) is 2.07. The molecule has 2 amide bonds. The Morgan fingerprint density at radius 3 is 2.43 bits per heavy atom. The average Bonchev–Trinajstić information content (AvgIpc) is 2.91. The number of fused-ring (bicyclic) bond motifs is 1. The van der Waals surface area contributed by atoms with Crippen molar-refractivity contribution in [3.05, 3.63) is 58.1 Å². The number of hydrogen-bond acceptors (Lipinski definition) is 7. The molecule has 0 atom stereocenters. The van der Waals surface area contributed by atoms with Crippen LogP contribution in [0.2, 0.25) is 5.02 Å². The van der Waals surface area contributed by atoms with E-state index >= 15 is 0 Å². The standard InChI is InChI=1S/C18H13ClN6O3/c19-12-5-9(6-13(15(12)26)23-24-14(7-20)16(21)22)8-25-17(27)10-3-1-2-4-11(10)18(25)28/h1-6,23,26H,8H2,(H3,21,22)/b24-14+. The highest BCUT2D eigenvalue weighted by atomic mass is 35.5. The third-order valence-corrected chi connectivity index (χ3v) is 4.28. The van der Waals surface area contributed by atoms with Crippen molar-refractivity contribution in [3.63, 3.8) is 0 Å². The summed E-state index contributed by atoms with van der Waals surface area (Å²) in [5.74, 6) is -1.76. The molecule has 140 valence electrons. The number of nitrogens with one attached hydrogen (secondary N) is 2. The van der Waals surface area contributed by atoms with Crippen LogP contribution in [0.25, 0.3) is 0 Å². The van der Waals surface area contributed by atoms with E-state index in [0.717, 1.165) is 4.90 Å². The molecule has 2 aromatic carbocycles. The molecule has 5 N–H and O–H groups in total. The summed E-state index contributed by atoms with van der Waals surface area (Å²) in [6.45, 7) is -0.0808. The Bertz CT molecular complexity index is 1050. The van der Waals surface area contributed by atoms with E-state index in [1.165, 1.54) is 12.1 Å². The summed E-state index contributed by atoms with van der Waals surface area (Å²) in [5, 5.41) is 29.8. The maximum atomic E-state index is 12.5. The van der Waals surface area contributed by atoms with Gasteiger partial charge >= 0.3 is 0 Å². The molecule has 0 bridgehead atoms. The Morgan fingerprint density at radius 1 is 1.29 bits per heavy atom. The van der Waals surface area contributed by atoms with Gasteiger partial charge in [0.2, 0.25) is 5.71 Å². The zero-order chi connectivity index (χ0) is 20.4. The number of amidine groups is 1. The number of nitrogens with two attached hydrogens (primary N) is 1. The second-order valence-corrected chi connectivity index (χ2v) is 6.22. The van der Waals surface area contributed by atoms with E-state index in [4.69, 9.17) is 28.0 Å². The van der Waals surface area contributed by atoms with Crippen molar-refractivity contribution < 1.29 is 14.7 Å². The van der Waals surface area contributed by atoms with Gasteiger partial charge in [-0.15, -0.1) is 0 Å². The van der Waals surface area contributed by atoms with Gasteiger partial charge in [0.1, 0.15) is 6.07 Å². The number of anilines is 1. The van der Waals surface area contributed by atoms with Crippen LogP contribution in [0.15, 0.2) is 41.5 Å². The number of aromatic hydroxyl groups is 1. The highest BCUT2D eigenvalue weighted by molar-refractivity contribution is 6.45. The molecule has 0 aliphatic carbocycles. The number of phenolic OH excluding ortho intramolecular Hbond substituents is 1. The Morgan fingerprint density at radius 2 is 1.89 bits per heavy atom. The van der Waals surface area contributed by atoms with E-state index in [0.29, 0.717) is 16.7 Å². The predicted molar refractivity (Wildman–Crippen MR) is 102 cm³/mol. The summed E-state index contributed by atoms with van der Waals surface area (Å²) in [6, 6.07) is 11.0. The first kappa shape index (κ1) is 18.9. The van der Waals surface area contributed by atoms with Crippen molar-refractivity contribution >= 4 is 40.6 Å². The zero-order valence-corrected chi connectivity index (χ0v) is 15.0. The molecule has 10 heteroatoms. The fourth-order valence-corrected chi connectivity index (χ4v) is 2.90. The lowest BCUT2D eigenvalue weighted by Crippen LogP contribution is -2.29. The van der Waals surface area contributed by atoms with Crippen LogP contribution in [0, 0.1) is 16.7 Å². The number of halogens is 1. The number of rotatable bonds is 5. The number of hydrazone groups is 1. The number of benzene rings is 2. The topological polar surface area (TPSA) is 156 Å². The average molecular weight is 397 g/mol. The van der Waals surface area contributed by atoms with Gasteiger partial charge in [0, 0.05) is 0 Å². The molecule has 1 heterocycles. The van der Waals surface area contributed by atoms with Gasteiger partial charge in [-0.3, -0.25) is 25.3 Å². The molecule has 0 saturated heterocycles. The second-order valence-electron chi connectivity index (χ2n) is 5.81. The molecule has 0 unspecified atom stereocenters. The second kappa shape index (κ2) is 7.38. The Hall–Kier alpha value is -3.90. The molecule has 0 aromatic heterocycles. The van der Waals surface area contributed by atoms with Crippen LogP contribution in [0.4, 0.5) is 5.69 Å². The first-order valence-electron chi connectivity index (χ1n) is 7.88. The van der Waals surface area contributed by atoms with Crippen LogP contribution < -0.4 is 11.2 Å². The first-order valence-corrected chi connectivity index (χ1v) is 8.26. The third-order valence-electron chi connectivity index (χ3n) is 3.99. The SMILES string of the molecule is N#C/C(=N\Nc1cc(CN2C(=O)c3ccccc3C2=O)cc(Cl)c1O)C(=N)N. The summed E-state index contributed by atoms with van der Waals surface area (Å²) < 4.78 is 0. The summed E-state index contributed by atoms with van der Waals surface area (Å²) in [4.78, 5) is 26.0. The van der Waals surface area contributed by atoms with Crippen molar-refractivity contribution in [2.75, 3.05) is 5.43 Å². The van der Waals surface area contributed by atoms with E-state index in [1.807, 2.05) is 0 Å². The number of imide groups is 1. The van der Waals surface area contributed by atoms with Crippen molar-refractivity contribution in [2.24, 2.45) is 10.8 Å². The molecule has 0 saturated carbocycles. The van der Waals surface area contributed by atoms with Gasteiger partial charge in [-0.05, 0) is 29.8 Å². The van der Waals surface area contributed by atoms with Crippen LogP contribution in [0.3, 0.4) is 0 Å². The highest BCUT2D eigenvalue weighted by Crippen LogP contribution is 2.34. The minimum atomic E-state index is -0.553. The van der Waals surface area contributed by atoms with E-state index in [1.54, 1.807) is 30.3 Å². The van der Waals surface area contributed by atoms with Crippen molar-refractivity contribution in [1.82, 2.24) is 4.90 Å². The lowest BCUT2D eigenvalue weighted by molar-refractivity contribution is 0.0642. The van der Waals surface area contributed by atoms with E-state index in [2.05, 4.69) is 10.5 Å². The fourth-order valence-electron chi connectivity index (χ4n) is 2.66. The highest BCUT2D eigenvalue weighted by Gasteiger charge is 2.35. The molecule has 0 fully saturated rings. The summed E-state index contributed by atoms with van der Waals surface area (Å²) in [7, 11) is 0. The van der Waals surface area contributed by atoms with Crippen LogP contribution in [0.1, 0.15) is 26.3 Å². The lowest BCUT2D eigenvalue weighted by Gasteiger charge is -2.16. The van der Waals surface area contributed by atoms with Crippen molar-refractivity contribution in [1.29, 1.82) is 10.7 Å². The molecule has 28 heavy (non-hydrogen) atoms. The number of hydrogen-bond donors (Lipinski definition) is 4. The van der Waals surface area contributed by atoms with E-state index in [-0.39, 0.29) is 28.7 Å². The van der Waals surface area contributed by atoms with Gasteiger partial charge in [0.05, 0.1) is 28.4 Å². The molecule has 1 aliphatic heterocycles. The zero-order valence-electron chi connectivity index (χ0n) is 14.2.